The summed E-state index contributed by atoms with van der Waals surface area (Å²) in [6.45, 7) is 2.65. The van der Waals surface area contributed by atoms with Crippen molar-refractivity contribution in [1.82, 2.24) is 5.32 Å². The average Bonchev–Trinajstić information content (AvgIpc) is 2.49. The summed E-state index contributed by atoms with van der Waals surface area (Å²) >= 11 is 0. The van der Waals surface area contributed by atoms with Crippen LogP contribution in [0.5, 0.6) is 11.5 Å². The van der Waals surface area contributed by atoms with Crippen LogP contribution in [0.4, 0.5) is 0 Å². The number of rotatable bonds is 10. The zero-order valence-corrected chi connectivity index (χ0v) is 13.7. The topological polar surface area (TPSA) is 67.8 Å². The van der Waals surface area contributed by atoms with Crippen LogP contribution in [0.2, 0.25) is 0 Å². The van der Waals surface area contributed by atoms with Gasteiger partial charge in [0.1, 0.15) is 12.7 Å². The van der Waals surface area contributed by atoms with Crippen molar-refractivity contribution in [2.24, 2.45) is 0 Å². The number of benzene rings is 1. The van der Waals surface area contributed by atoms with E-state index in [1.54, 1.807) is 19.4 Å². The van der Waals surface area contributed by atoms with Crippen molar-refractivity contribution in [2.45, 2.75) is 25.5 Å². The quantitative estimate of drug-likeness (QED) is 0.679. The number of aliphatic hydroxyl groups is 1. The van der Waals surface area contributed by atoms with Gasteiger partial charge in [-0.3, -0.25) is 4.21 Å². The molecule has 120 valence electrons. The van der Waals surface area contributed by atoms with Crippen LogP contribution in [-0.2, 0) is 10.8 Å². The predicted molar refractivity (Wildman–Crippen MR) is 85.5 cm³/mol. The Kier molecular flexibility index (Phi) is 8.34. The number of hydrogen-bond donors (Lipinski definition) is 2. The van der Waals surface area contributed by atoms with E-state index in [0.29, 0.717) is 23.8 Å². The summed E-state index contributed by atoms with van der Waals surface area (Å²) in [5.41, 5.74) is 0. The molecule has 6 heteroatoms. The van der Waals surface area contributed by atoms with E-state index in [2.05, 4.69) is 5.32 Å². The highest BCUT2D eigenvalue weighted by Crippen LogP contribution is 2.25. The lowest BCUT2D eigenvalue weighted by Crippen LogP contribution is -2.37. The summed E-state index contributed by atoms with van der Waals surface area (Å²) < 4.78 is 21.7. The Labute approximate surface area is 129 Å². The van der Waals surface area contributed by atoms with E-state index >= 15 is 0 Å². The number of hydrogen-bond acceptors (Lipinski definition) is 5. The van der Waals surface area contributed by atoms with Crippen molar-refractivity contribution >= 4 is 10.8 Å². The molecule has 0 saturated heterocycles. The van der Waals surface area contributed by atoms with Gasteiger partial charge in [-0.2, -0.15) is 0 Å². The van der Waals surface area contributed by atoms with Crippen molar-refractivity contribution in [3.63, 3.8) is 0 Å². The molecule has 1 rings (SSSR count). The predicted octanol–water partition coefficient (Wildman–Crippen LogP) is 1.18. The molecule has 0 radical (unpaired) electrons. The van der Waals surface area contributed by atoms with Gasteiger partial charge in [0, 0.05) is 35.4 Å². The molecule has 21 heavy (non-hydrogen) atoms. The van der Waals surface area contributed by atoms with Gasteiger partial charge in [-0.25, -0.2) is 0 Å². The van der Waals surface area contributed by atoms with Crippen molar-refractivity contribution in [2.75, 3.05) is 32.3 Å². The normalized spacial score (nSPS) is 15.2. The van der Waals surface area contributed by atoms with E-state index in [-0.39, 0.29) is 12.6 Å². The maximum absolute atomic E-state index is 11.0. The maximum Gasteiger partial charge on any atom is 0.161 e. The van der Waals surface area contributed by atoms with Gasteiger partial charge in [0.05, 0.1) is 7.11 Å². The Hall–Kier alpha value is -1.11. The van der Waals surface area contributed by atoms with Crippen LogP contribution in [0.25, 0.3) is 0 Å². The van der Waals surface area contributed by atoms with Crippen LogP contribution in [0.1, 0.15) is 13.3 Å². The molecule has 3 atom stereocenters. The molecule has 1 aromatic rings. The average molecular weight is 315 g/mol. The number of ether oxygens (including phenoxy) is 2. The van der Waals surface area contributed by atoms with Gasteiger partial charge in [-0.15, -0.1) is 0 Å². The number of methoxy groups -OCH3 is 1. The van der Waals surface area contributed by atoms with Gasteiger partial charge in [0.25, 0.3) is 0 Å². The van der Waals surface area contributed by atoms with Crippen LogP contribution in [-0.4, -0.2) is 53.7 Å². The van der Waals surface area contributed by atoms with E-state index in [9.17, 15) is 9.32 Å². The van der Waals surface area contributed by atoms with Crippen molar-refractivity contribution in [3.8, 4) is 11.5 Å². The second kappa shape index (κ2) is 9.76. The van der Waals surface area contributed by atoms with E-state index < -0.39 is 16.9 Å². The van der Waals surface area contributed by atoms with Gasteiger partial charge in [0.15, 0.2) is 11.5 Å². The minimum absolute atomic E-state index is 0.194. The zero-order chi connectivity index (χ0) is 15.7. The number of para-hydroxylation sites is 2. The van der Waals surface area contributed by atoms with Crippen molar-refractivity contribution in [3.05, 3.63) is 24.3 Å². The van der Waals surface area contributed by atoms with Crippen LogP contribution >= 0.6 is 0 Å². The number of nitrogens with one attached hydrogen (secondary N) is 1. The van der Waals surface area contributed by atoms with Crippen LogP contribution < -0.4 is 14.8 Å². The van der Waals surface area contributed by atoms with E-state index in [4.69, 9.17) is 9.47 Å². The molecule has 5 nitrogen and oxygen atoms in total. The first-order chi connectivity index (χ1) is 10.0. The molecule has 0 bridgehead atoms. The van der Waals surface area contributed by atoms with Gasteiger partial charge in [-0.1, -0.05) is 12.1 Å². The Balaban J connectivity index is 2.27. The molecule has 0 saturated carbocycles. The first-order valence-corrected chi connectivity index (χ1v) is 8.73. The molecule has 0 aliphatic heterocycles. The molecule has 2 N–H and O–H groups in total. The lowest BCUT2D eigenvalue weighted by Gasteiger charge is -2.18. The molecule has 0 fully saturated rings. The first kappa shape index (κ1) is 17.9. The maximum atomic E-state index is 11.0. The molecule has 0 heterocycles. The van der Waals surface area contributed by atoms with Gasteiger partial charge < -0.3 is 19.9 Å². The fraction of sp³-hybridized carbons (Fsp3) is 0.600. The highest BCUT2D eigenvalue weighted by atomic mass is 32.2. The Morgan fingerprint density at radius 2 is 2.00 bits per heavy atom. The Morgan fingerprint density at radius 1 is 1.33 bits per heavy atom. The SMILES string of the molecule is COc1ccccc1OCC(O)CNC(C)CCS(C)=O. The van der Waals surface area contributed by atoms with Gasteiger partial charge in [0.2, 0.25) is 0 Å². The van der Waals surface area contributed by atoms with E-state index in [1.165, 1.54) is 0 Å². The molecule has 0 amide bonds. The summed E-state index contributed by atoms with van der Waals surface area (Å²) in [6.07, 6.45) is 1.91. The molecular weight excluding hydrogens is 290 g/mol. The van der Waals surface area contributed by atoms with Crippen molar-refractivity contribution in [1.29, 1.82) is 0 Å². The second-order valence-corrected chi connectivity index (χ2v) is 6.55. The molecular formula is C15H25NO4S. The Bertz CT molecular complexity index is 441. The fourth-order valence-corrected chi connectivity index (χ4v) is 2.45. The second-order valence-electron chi connectivity index (χ2n) is 4.99. The summed E-state index contributed by atoms with van der Waals surface area (Å²) in [7, 11) is 0.809. The minimum atomic E-state index is -0.774. The van der Waals surface area contributed by atoms with Crippen LogP contribution in [0.15, 0.2) is 24.3 Å². The summed E-state index contributed by atoms with van der Waals surface area (Å²) in [5, 5.41) is 13.1. The third kappa shape index (κ3) is 7.45. The molecule has 0 aliphatic rings. The molecule has 0 spiro atoms. The summed E-state index contributed by atoms with van der Waals surface area (Å²) in [5.74, 6) is 1.94. The monoisotopic (exact) mass is 315 g/mol. The van der Waals surface area contributed by atoms with Crippen molar-refractivity contribution < 1.29 is 18.8 Å². The van der Waals surface area contributed by atoms with Gasteiger partial charge in [-0.05, 0) is 25.5 Å². The third-order valence-corrected chi connectivity index (χ3v) is 3.85. The molecule has 3 unspecified atom stereocenters. The highest BCUT2D eigenvalue weighted by molar-refractivity contribution is 7.84. The lowest BCUT2D eigenvalue weighted by molar-refractivity contribution is 0.102. The van der Waals surface area contributed by atoms with Crippen LogP contribution in [0, 0.1) is 0 Å². The molecule has 0 aromatic heterocycles. The van der Waals surface area contributed by atoms with Crippen LogP contribution in [0.3, 0.4) is 0 Å². The zero-order valence-electron chi connectivity index (χ0n) is 12.9. The highest BCUT2D eigenvalue weighted by Gasteiger charge is 2.10. The molecule has 1 aromatic carbocycles. The standard InChI is InChI=1S/C15H25NO4S/c1-12(8-9-21(3)18)16-10-13(17)11-20-15-7-5-4-6-14(15)19-2/h4-7,12-13,16-17H,8-11H2,1-3H3. The largest absolute Gasteiger partial charge is 0.493 e. The van der Waals surface area contributed by atoms with Gasteiger partial charge >= 0.3 is 0 Å². The Morgan fingerprint density at radius 3 is 2.62 bits per heavy atom. The van der Waals surface area contributed by atoms with E-state index in [0.717, 1.165) is 6.42 Å². The summed E-state index contributed by atoms with van der Waals surface area (Å²) in [6, 6.07) is 7.55. The smallest absolute Gasteiger partial charge is 0.161 e. The third-order valence-electron chi connectivity index (χ3n) is 3.04. The summed E-state index contributed by atoms with van der Waals surface area (Å²) in [4.78, 5) is 0. The first-order valence-electron chi connectivity index (χ1n) is 7.00. The fourth-order valence-electron chi connectivity index (χ4n) is 1.76. The number of aliphatic hydroxyl groups excluding tert-OH is 1. The lowest BCUT2D eigenvalue weighted by atomic mass is 10.2. The minimum Gasteiger partial charge on any atom is -0.493 e. The van der Waals surface area contributed by atoms with E-state index in [1.807, 2.05) is 25.1 Å². The molecule has 0 aliphatic carbocycles.